The molecule has 0 aliphatic heterocycles. The Kier molecular flexibility index (Phi) is 3.31. The van der Waals surface area contributed by atoms with Crippen LogP contribution >= 0.6 is 0 Å². The van der Waals surface area contributed by atoms with Crippen molar-refractivity contribution in [2.75, 3.05) is 13.7 Å². The van der Waals surface area contributed by atoms with E-state index in [1.54, 1.807) is 19.1 Å². The van der Waals surface area contributed by atoms with Gasteiger partial charge in [0.25, 0.3) is 0 Å². The normalized spacial score (nSPS) is 22.1. The molecule has 1 aliphatic carbocycles. The molecule has 0 bridgehead atoms. The summed E-state index contributed by atoms with van der Waals surface area (Å²) < 4.78 is 23.6. The average Bonchev–Trinajstić information content (AvgIpc) is 3.10. The van der Waals surface area contributed by atoms with Gasteiger partial charge in [-0.25, -0.2) is 4.39 Å². The Labute approximate surface area is 99.5 Å². The second kappa shape index (κ2) is 4.73. The summed E-state index contributed by atoms with van der Waals surface area (Å²) in [4.78, 5) is 11.5. The molecule has 0 heterocycles. The fraction of sp³-hybridized carbons (Fsp3) is 0.462. The average molecular weight is 238 g/mol. The topological polar surface area (TPSA) is 35.5 Å². The van der Waals surface area contributed by atoms with Crippen molar-refractivity contribution in [3.8, 4) is 5.75 Å². The van der Waals surface area contributed by atoms with Gasteiger partial charge in [0, 0.05) is 5.92 Å². The first kappa shape index (κ1) is 11.9. The fourth-order valence-corrected chi connectivity index (χ4v) is 1.98. The maximum atomic E-state index is 13.6. The van der Waals surface area contributed by atoms with Gasteiger partial charge < -0.3 is 9.47 Å². The van der Waals surface area contributed by atoms with E-state index in [1.807, 2.05) is 0 Å². The third-order valence-electron chi connectivity index (χ3n) is 2.98. The van der Waals surface area contributed by atoms with Crippen LogP contribution < -0.4 is 4.74 Å². The summed E-state index contributed by atoms with van der Waals surface area (Å²) in [6, 6.07) is 4.59. The van der Waals surface area contributed by atoms with Crippen molar-refractivity contribution in [3.05, 3.63) is 29.6 Å². The Morgan fingerprint density at radius 2 is 2.29 bits per heavy atom. The maximum absolute atomic E-state index is 13.6. The van der Waals surface area contributed by atoms with Crippen LogP contribution in [0, 0.1) is 11.7 Å². The number of hydrogen-bond acceptors (Lipinski definition) is 3. The number of esters is 1. The van der Waals surface area contributed by atoms with Gasteiger partial charge in [-0.05, 0) is 37.1 Å². The lowest BCUT2D eigenvalue weighted by Gasteiger charge is -2.05. The van der Waals surface area contributed by atoms with Crippen LogP contribution in [0.15, 0.2) is 18.2 Å². The van der Waals surface area contributed by atoms with Crippen LogP contribution in [-0.4, -0.2) is 19.7 Å². The van der Waals surface area contributed by atoms with E-state index in [2.05, 4.69) is 0 Å². The summed E-state index contributed by atoms with van der Waals surface area (Å²) >= 11 is 0. The van der Waals surface area contributed by atoms with Crippen LogP contribution in [0.5, 0.6) is 5.75 Å². The first-order chi connectivity index (χ1) is 8.17. The van der Waals surface area contributed by atoms with E-state index in [0.717, 1.165) is 0 Å². The summed E-state index contributed by atoms with van der Waals surface area (Å²) in [6.07, 6.45) is 0.656. The monoisotopic (exact) mass is 238 g/mol. The lowest BCUT2D eigenvalue weighted by atomic mass is 10.1. The van der Waals surface area contributed by atoms with Crippen molar-refractivity contribution in [1.82, 2.24) is 0 Å². The summed E-state index contributed by atoms with van der Waals surface area (Å²) in [5.74, 6) is -0.182. The molecule has 2 atom stereocenters. The Hall–Kier alpha value is -1.58. The summed E-state index contributed by atoms with van der Waals surface area (Å²) in [5.41, 5.74) is 0.544. The minimum absolute atomic E-state index is 0.0656. The minimum atomic E-state index is -0.289. The van der Waals surface area contributed by atoms with Gasteiger partial charge in [-0.15, -0.1) is 0 Å². The molecule has 1 saturated carbocycles. The summed E-state index contributed by atoms with van der Waals surface area (Å²) in [7, 11) is 1.53. The van der Waals surface area contributed by atoms with Crippen LogP contribution in [0.3, 0.4) is 0 Å². The van der Waals surface area contributed by atoms with E-state index in [4.69, 9.17) is 9.47 Å². The predicted octanol–water partition coefficient (Wildman–Crippen LogP) is 2.50. The number of carbonyl (C=O) groups excluding carboxylic acids is 1. The number of benzene rings is 1. The number of rotatable bonds is 4. The molecule has 0 radical (unpaired) electrons. The number of hydrogen-bond donors (Lipinski definition) is 0. The second-order valence-corrected chi connectivity index (χ2v) is 4.09. The van der Waals surface area contributed by atoms with E-state index in [1.165, 1.54) is 13.2 Å². The molecule has 4 heteroatoms. The van der Waals surface area contributed by atoms with E-state index < -0.39 is 0 Å². The molecule has 1 aliphatic rings. The van der Waals surface area contributed by atoms with Crippen LogP contribution in [0.2, 0.25) is 0 Å². The van der Waals surface area contributed by atoms with Crippen molar-refractivity contribution >= 4 is 5.97 Å². The molecule has 0 aromatic heterocycles. The third kappa shape index (κ3) is 2.40. The Bertz CT molecular complexity index is 431. The smallest absolute Gasteiger partial charge is 0.309 e. The van der Waals surface area contributed by atoms with Gasteiger partial charge in [0.2, 0.25) is 0 Å². The van der Waals surface area contributed by atoms with Crippen molar-refractivity contribution in [2.45, 2.75) is 19.3 Å². The van der Waals surface area contributed by atoms with Crippen LogP contribution in [0.4, 0.5) is 4.39 Å². The van der Waals surface area contributed by atoms with E-state index >= 15 is 0 Å². The van der Waals surface area contributed by atoms with Gasteiger partial charge >= 0.3 is 5.97 Å². The van der Waals surface area contributed by atoms with Gasteiger partial charge in [0.15, 0.2) is 0 Å². The molecule has 0 amide bonds. The molecule has 3 nitrogen and oxygen atoms in total. The Morgan fingerprint density at radius 3 is 2.94 bits per heavy atom. The highest BCUT2D eigenvalue weighted by Gasteiger charge is 2.46. The zero-order valence-electron chi connectivity index (χ0n) is 9.90. The minimum Gasteiger partial charge on any atom is -0.497 e. The molecular formula is C13H15FO3. The maximum Gasteiger partial charge on any atom is 0.309 e. The Morgan fingerprint density at radius 1 is 1.53 bits per heavy atom. The zero-order valence-corrected chi connectivity index (χ0v) is 9.90. The number of halogens is 1. The number of methoxy groups -OCH3 is 1. The second-order valence-electron chi connectivity index (χ2n) is 4.09. The molecule has 0 spiro atoms. The highest BCUT2D eigenvalue weighted by atomic mass is 19.1. The zero-order chi connectivity index (χ0) is 12.4. The standard InChI is InChI=1S/C13H15FO3/c1-3-17-13(15)11-7-9(11)10-6-8(16-2)4-5-12(10)14/h4-6,9,11H,3,7H2,1-2H3. The third-order valence-corrected chi connectivity index (χ3v) is 2.98. The summed E-state index contributed by atoms with van der Waals surface area (Å²) in [6.45, 7) is 2.13. The molecule has 0 N–H and O–H groups in total. The van der Waals surface area contributed by atoms with E-state index in [0.29, 0.717) is 24.3 Å². The van der Waals surface area contributed by atoms with E-state index in [9.17, 15) is 9.18 Å². The van der Waals surface area contributed by atoms with Gasteiger partial charge in [-0.3, -0.25) is 4.79 Å². The van der Waals surface area contributed by atoms with Crippen LogP contribution in [0.25, 0.3) is 0 Å². The Balaban J connectivity index is 2.12. The molecule has 1 aromatic carbocycles. The molecule has 92 valence electrons. The quantitative estimate of drug-likeness (QED) is 0.756. The van der Waals surface area contributed by atoms with Crippen molar-refractivity contribution in [3.63, 3.8) is 0 Å². The first-order valence-corrected chi connectivity index (χ1v) is 5.67. The molecule has 1 aromatic rings. The van der Waals surface area contributed by atoms with Crippen LogP contribution in [-0.2, 0) is 9.53 Å². The van der Waals surface area contributed by atoms with Gasteiger partial charge in [-0.2, -0.15) is 0 Å². The number of carbonyl (C=O) groups is 1. The SMILES string of the molecule is CCOC(=O)C1CC1c1cc(OC)ccc1F. The number of ether oxygens (including phenoxy) is 2. The molecular weight excluding hydrogens is 223 g/mol. The van der Waals surface area contributed by atoms with Crippen molar-refractivity contribution in [2.24, 2.45) is 5.92 Å². The van der Waals surface area contributed by atoms with Gasteiger partial charge in [0.1, 0.15) is 11.6 Å². The van der Waals surface area contributed by atoms with Crippen molar-refractivity contribution in [1.29, 1.82) is 0 Å². The van der Waals surface area contributed by atoms with Gasteiger partial charge in [0.05, 0.1) is 19.6 Å². The van der Waals surface area contributed by atoms with Crippen LogP contribution in [0.1, 0.15) is 24.8 Å². The predicted molar refractivity (Wildman–Crippen MR) is 60.4 cm³/mol. The highest BCUT2D eigenvalue weighted by Crippen LogP contribution is 2.49. The molecule has 17 heavy (non-hydrogen) atoms. The van der Waals surface area contributed by atoms with E-state index in [-0.39, 0.29) is 23.6 Å². The lowest BCUT2D eigenvalue weighted by Crippen LogP contribution is -2.07. The van der Waals surface area contributed by atoms with Crippen molar-refractivity contribution < 1.29 is 18.7 Å². The summed E-state index contributed by atoms with van der Waals surface area (Å²) in [5, 5.41) is 0. The highest BCUT2D eigenvalue weighted by molar-refractivity contribution is 5.77. The van der Waals surface area contributed by atoms with Gasteiger partial charge in [-0.1, -0.05) is 0 Å². The largest absolute Gasteiger partial charge is 0.497 e. The fourth-order valence-electron chi connectivity index (χ4n) is 1.98. The molecule has 2 rings (SSSR count). The molecule has 2 unspecified atom stereocenters. The molecule has 1 fully saturated rings. The molecule has 0 saturated heterocycles. The first-order valence-electron chi connectivity index (χ1n) is 5.67. The lowest BCUT2D eigenvalue weighted by molar-refractivity contribution is -0.144.